The molecule has 7 nitrogen and oxygen atoms in total. The third-order valence-electron chi connectivity index (χ3n) is 4.96. The number of hydrazone groups is 1. The molecule has 2 aromatic rings. The predicted octanol–water partition coefficient (Wildman–Crippen LogP) is 2.38. The summed E-state index contributed by atoms with van der Waals surface area (Å²) in [4.78, 5) is 18.0. The van der Waals surface area contributed by atoms with Crippen LogP contribution in [-0.4, -0.2) is 36.1 Å². The highest BCUT2D eigenvalue weighted by Crippen LogP contribution is 2.40. The summed E-state index contributed by atoms with van der Waals surface area (Å²) < 4.78 is 11.1. The maximum atomic E-state index is 13.1. The molecular weight excluding hydrogens is 400 g/mol. The molecule has 1 amide bonds. The van der Waals surface area contributed by atoms with Gasteiger partial charge in [-0.25, -0.2) is 5.01 Å². The highest BCUT2D eigenvalue weighted by atomic mass is 32.2. The number of carbonyl (C=O) groups is 1. The van der Waals surface area contributed by atoms with Crippen LogP contribution in [0.2, 0.25) is 0 Å². The minimum Gasteiger partial charge on any atom is -0.493 e. The normalized spacial score (nSPS) is 17.4. The van der Waals surface area contributed by atoms with Crippen molar-refractivity contribution >= 4 is 28.5 Å². The number of carbonyl (C=O) groups excluding carboxylic acids is 1. The lowest BCUT2D eigenvalue weighted by molar-refractivity contribution is -0.116. The quantitative estimate of drug-likeness (QED) is 0.721. The molecule has 0 spiro atoms. The first-order valence-electron chi connectivity index (χ1n) is 9.88. The third-order valence-corrected chi connectivity index (χ3v) is 5.91. The molecule has 1 N–H and O–H groups in total. The van der Waals surface area contributed by atoms with Gasteiger partial charge in [-0.05, 0) is 18.6 Å². The molecule has 8 heteroatoms. The molecule has 2 aliphatic heterocycles. The SMILES string of the molecule is CCCCSC1=NN2C(=c3ccccc3=N[C@H]2c2cccc(OC)c2OC)C(=O)N1. The molecule has 0 aliphatic carbocycles. The van der Waals surface area contributed by atoms with Crippen molar-refractivity contribution < 1.29 is 14.3 Å². The molecule has 0 aromatic heterocycles. The zero-order valence-electron chi connectivity index (χ0n) is 17.2. The molecule has 0 saturated heterocycles. The summed E-state index contributed by atoms with van der Waals surface area (Å²) in [5.74, 6) is 1.89. The van der Waals surface area contributed by atoms with Gasteiger partial charge in [0.2, 0.25) is 0 Å². The summed E-state index contributed by atoms with van der Waals surface area (Å²) in [6, 6.07) is 13.3. The molecule has 156 valence electrons. The average Bonchev–Trinajstić information content (AvgIpc) is 2.77. The van der Waals surface area contributed by atoms with Crippen molar-refractivity contribution in [2.45, 2.75) is 25.9 Å². The number of fused-ring (bicyclic) bond motifs is 2. The van der Waals surface area contributed by atoms with Gasteiger partial charge in [0.25, 0.3) is 5.91 Å². The van der Waals surface area contributed by atoms with E-state index in [-0.39, 0.29) is 5.91 Å². The van der Waals surface area contributed by atoms with E-state index in [2.05, 4.69) is 12.2 Å². The molecule has 2 aliphatic rings. The van der Waals surface area contributed by atoms with Crippen LogP contribution in [0.3, 0.4) is 0 Å². The smallest absolute Gasteiger partial charge is 0.276 e. The van der Waals surface area contributed by atoms with Gasteiger partial charge in [-0.15, -0.1) is 5.10 Å². The second-order valence-electron chi connectivity index (χ2n) is 6.86. The minimum absolute atomic E-state index is 0.182. The van der Waals surface area contributed by atoms with E-state index in [1.54, 1.807) is 31.0 Å². The fraction of sp³-hybridized carbons (Fsp3) is 0.318. The monoisotopic (exact) mass is 424 g/mol. The van der Waals surface area contributed by atoms with E-state index in [0.29, 0.717) is 22.4 Å². The number of nitrogens with zero attached hydrogens (tertiary/aromatic N) is 3. The zero-order chi connectivity index (χ0) is 21.1. The standard InChI is InChI=1S/C22H24N4O3S/c1-4-5-13-30-22-24-21(27)18-14-9-6-7-11-16(14)23-20(26(18)25-22)15-10-8-12-17(28-2)19(15)29-3/h6-12,20H,4-5,13H2,1-3H3,(H,24,25,27)/t20-/m1/s1. The fourth-order valence-corrected chi connectivity index (χ4v) is 4.46. The lowest BCUT2D eigenvalue weighted by Crippen LogP contribution is -2.50. The van der Waals surface area contributed by atoms with Gasteiger partial charge in [-0.1, -0.05) is 55.4 Å². The number of amidine groups is 1. The Kier molecular flexibility index (Phi) is 5.94. The average molecular weight is 425 g/mol. The molecule has 2 heterocycles. The number of hydrogen-bond acceptors (Lipinski definition) is 7. The number of unbranched alkanes of at least 4 members (excludes halogenated alkanes) is 1. The van der Waals surface area contributed by atoms with E-state index in [4.69, 9.17) is 19.6 Å². The summed E-state index contributed by atoms with van der Waals surface area (Å²) in [7, 11) is 3.20. The second-order valence-corrected chi connectivity index (χ2v) is 7.94. The highest BCUT2D eigenvalue weighted by molar-refractivity contribution is 8.13. The van der Waals surface area contributed by atoms with Gasteiger partial charge < -0.3 is 9.47 Å². The van der Waals surface area contributed by atoms with Crippen molar-refractivity contribution in [1.82, 2.24) is 10.3 Å². The first-order chi connectivity index (χ1) is 14.7. The van der Waals surface area contributed by atoms with Crippen molar-refractivity contribution in [1.29, 1.82) is 0 Å². The van der Waals surface area contributed by atoms with Crippen LogP contribution in [0.15, 0.2) is 52.6 Å². The molecule has 30 heavy (non-hydrogen) atoms. The van der Waals surface area contributed by atoms with Crippen LogP contribution in [0.4, 0.5) is 0 Å². The highest BCUT2D eigenvalue weighted by Gasteiger charge is 2.36. The molecule has 0 radical (unpaired) electrons. The Hall–Kier alpha value is -3.00. The van der Waals surface area contributed by atoms with Gasteiger partial charge in [0.1, 0.15) is 5.70 Å². The first-order valence-corrected chi connectivity index (χ1v) is 10.9. The molecule has 0 fully saturated rings. The van der Waals surface area contributed by atoms with Crippen LogP contribution >= 0.6 is 11.8 Å². The van der Waals surface area contributed by atoms with Gasteiger partial charge in [-0.3, -0.25) is 15.1 Å². The molecule has 0 unspecified atom stereocenters. The molecule has 0 bridgehead atoms. The third kappa shape index (κ3) is 3.63. The Bertz CT molecular complexity index is 1120. The Morgan fingerprint density at radius 1 is 1.13 bits per heavy atom. The van der Waals surface area contributed by atoms with E-state index >= 15 is 0 Å². The number of ether oxygens (including phenoxy) is 2. The number of benzene rings is 2. The molecule has 4 rings (SSSR count). The van der Waals surface area contributed by atoms with E-state index in [0.717, 1.165) is 34.7 Å². The topological polar surface area (TPSA) is 75.5 Å². The Labute approximate surface area is 179 Å². The van der Waals surface area contributed by atoms with Crippen molar-refractivity contribution in [3.8, 4) is 11.5 Å². The van der Waals surface area contributed by atoms with Gasteiger partial charge >= 0.3 is 0 Å². The number of amides is 1. The van der Waals surface area contributed by atoms with Crippen LogP contribution in [0.1, 0.15) is 31.5 Å². The van der Waals surface area contributed by atoms with Crippen molar-refractivity contribution in [3.63, 3.8) is 0 Å². The summed E-state index contributed by atoms with van der Waals surface area (Å²) in [6.45, 7) is 2.14. The lowest BCUT2D eigenvalue weighted by atomic mass is 10.1. The number of rotatable bonds is 6. The van der Waals surface area contributed by atoms with Crippen LogP contribution < -0.4 is 25.4 Å². The van der Waals surface area contributed by atoms with E-state index < -0.39 is 6.17 Å². The van der Waals surface area contributed by atoms with Crippen LogP contribution in [-0.2, 0) is 4.79 Å². The summed E-state index contributed by atoms with van der Waals surface area (Å²) in [6.07, 6.45) is 1.59. The van der Waals surface area contributed by atoms with Gasteiger partial charge in [0.05, 0.1) is 19.6 Å². The number of para-hydroxylation sites is 2. The largest absolute Gasteiger partial charge is 0.493 e. The molecule has 2 aromatic carbocycles. The molecule has 0 saturated carbocycles. The van der Waals surface area contributed by atoms with E-state index in [9.17, 15) is 4.79 Å². The summed E-state index contributed by atoms with van der Waals surface area (Å²) in [5.41, 5.74) is 1.26. The Morgan fingerprint density at radius 2 is 1.97 bits per heavy atom. The van der Waals surface area contributed by atoms with E-state index in [1.807, 2.05) is 42.5 Å². The summed E-state index contributed by atoms with van der Waals surface area (Å²) >= 11 is 1.54. The van der Waals surface area contributed by atoms with Crippen LogP contribution in [0.25, 0.3) is 5.70 Å². The number of methoxy groups -OCH3 is 2. The van der Waals surface area contributed by atoms with Crippen molar-refractivity contribution in [2.24, 2.45) is 10.1 Å². The minimum atomic E-state index is -0.548. The molecule has 1 atom stereocenters. The first kappa shape index (κ1) is 20.3. The number of nitrogens with one attached hydrogen (secondary N) is 1. The number of thioether (sulfide) groups is 1. The maximum Gasteiger partial charge on any atom is 0.276 e. The van der Waals surface area contributed by atoms with Gasteiger partial charge in [0.15, 0.2) is 22.8 Å². The van der Waals surface area contributed by atoms with Gasteiger partial charge in [0, 0.05) is 16.5 Å². The zero-order valence-corrected chi connectivity index (χ0v) is 18.0. The second kappa shape index (κ2) is 8.79. The number of hydrogen-bond donors (Lipinski definition) is 1. The Balaban J connectivity index is 1.89. The lowest BCUT2D eigenvalue weighted by Gasteiger charge is -2.34. The summed E-state index contributed by atoms with van der Waals surface area (Å²) in [5, 5.41) is 11.5. The van der Waals surface area contributed by atoms with E-state index in [1.165, 1.54) is 0 Å². The van der Waals surface area contributed by atoms with Crippen LogP contribution in [0.5, 0.6) is 11.5 Å². The van der Waals surface area contributed by atoms with Crippen molar-refractivity contribution in [2.75, 3.05) is 20.0 Å². The maximum absolute atomic E-state index is 13.1. The van der Waals surface area contributed by atoms with Crippen LogP contribution in [0, 0.1) is 0 Å². The van der Waals surface area contributed by atoms with Gasteiger partial charge in [-0.2, -0.15) is 0 Å². The fourth-order valence-electron chi connectivity index (χ4n) is 3.52. The Morgan fingerprint density at radius 3 is 2.73 bits per heavy atom. The molecular formula is C22H24N4O3S. The predicted molar refractivity (Wildman–Crippen MR) is 118 cm³/mol. The van der Waals surface area contributed by atoms with Crippen molar-refractivity contribution in [3.05, 3.63) is 58.6 Å².